The smallest absolute Gasteiger partial charge is 0.257 e. The first-order chi connectivity index (χ1) is 15.0. The number of nitrogens with zero attached hydrogens (tertiary/aromatic N) is 2. The van der Waals surface area contributed by atoms with Crippen LogP contribution in [0.5, 0.6) is 0 Å². The fraction of sp³-hybridized carbons (Fsp3) is 0.304. The summed E-state index contributed by atoms with van der Waals surface area (Å²) in [7, 11) is 0. The second-order valence-electron chi connectivity index (χ2n) is 7.71. The highest BCUT2D eigenvalue weighted by Crippen LogP contribution is 2.28. The summed E-state index contributed by atoms with van der Waals surface area (Å²) < 4.78 is 5.40. The molecule has 0 aliphatic carbocycles. The molecule has 0 saturated carbocycles. The van der Waals surface area contributed by atoms with E-state index in [0.717, 1.165) is 17.0 Å². The van der Waals surface area contributed by atoms with E-state index < -0.39 is 6.10 Å². The molecule has 1 atom stereocenters. The Balaban J connectivity index is 1.41. The van der Waals surface area contributed by atoms with Crippen LogP contribution in [-0.4, -0.2) is 34.7 Å². The van der Waals surface area contributed by atoms with Crippen LogP contribution in [0, 0.1) is 0 Å². The van der Waals surface area contributed by atoms with Crippen molar-refractivity contribution in [3.8, 4) is 10.6 Å². The molecule has 1 aliphatic heterocycles. The Hall–Kier alpha value is -3.10. The number of benzene rings is 2. The monoisotopic (exact) mass is 436 g/mol. The maximum Gasteiger partial charge on any atom is 0.257 e. The van der Waals surface area contributed by atoms with Gasteiger partial charge in [-0.15, -0.1) is 10.2 Å². The lowest BCUT2D eigenvalue weighted by Gasteiger charge is -2.11. The maximum atomic E-state index is 12.7. The van der Waals surface area contributed by atoms with Gasteiger partial charge >= 0.3 is 0 Å². The van der Waals surface area contributed by atoms with Gasteiger partial charge in [0.05, 0.1) is 0 Å². The van der Waals surface area contributed by atoms with Crippen LogP contribution in [0.2, 0.25) is 0 Å². The molecule has 2 amide bonds. The number of carbonyl (C=O) groups excluding carboxylic acids is 2. The molecule has 160 valence electrons. The highest BCUT2D eigenvalue weighted by molar-refractivity contribution is 7.18. The van der Waals surface area contributed by atoms with Crippen LogP contribution in [0.3, 0.4) is 0 Å². The Kier molecular flexibility index (Phi) is 6.39. The van der Waals surface area contributed by atoms with Gasteiger partial charge in [-0.25, -0.2) is 0 Å². The van der Waals surface area contributed by atoms with Crippen LogP contribution < -0.4 is 10.6 Å². The lowest BCUT2D eigenvalue weighted by atomic mass is 10.0. The van der Waals surface area contributed by atoms with Gasteiger partial charge in [-0.2, -0.15) is 0 Å². The van der Waals surface area contributed by atoms with E-state index in [2.05, 4.69) is 46.8 Å². The average Bonchev–Trinajstić information content (AvgIpc) is 3.46. The lowest BCUT2D eigenvalue weighted by Crippen LogP contribution is -2.27. The van der Waals surface area contributed by atoms with E-state index in [4.69, 9.17) is 4.74 Å². The summed E-state index contributed by atoms with van der Waals surface area (Å²) in [6.07, 6.45) is 1.17. The van der Waals surface area contributed by atoms with Gasteiger partial charge in [0.1, 0.15) is 11.1 Å². The molecule has 1 aromatic heterocycles. The third-order valence-corrected chi connectivity index (χ3v) is 5.97. The first kappa shape index (κ1) is 21.1. The summed E-state index contributed by atoms with van der Waals surface area (Å²) in [5.41, 5.74) is 3.19. The van der Waals surface area contributed by atoms with E-state index in [1.807, 2.05) is 12.1 Å². The standard InChI is InChI=1S/C23H24N4O3S/c1-14(2)15-8-10-16(11-9-15)22-26-27-23(31-22)25-20(28)17-5-3-6-18(13-17)24-21(29)19-7-4-12-30-19/h3,5-6,8-11,13-14,19H,4,7,12H2,1-2H3,(H,24,29)(H,25,27,28). The second kappa shape index (κ2) is 9.36. The Bertz CT molecular complexity index is 1070. The number of anilines is 2. The van der Waals surface area contributed by atoms with Crippen molar-refractivity contribution in [1.29, 1.82) is 0 Å². The fourth-order valence-electron chi connectivity index (χ4n) is 3.32. The maximum absolute atomic E-state index is 12.7. The summed E-state index contributed by atoms with van der Waals surface area (Å²) in [6, 6.07) is 15.0. The molecule has 1 unspecified atom stereocenters. The minimum Gasteiger partial charge on any atom is -0.368 e. The normalized spacial score (nSPS) is 15.8. The number of aromatic nitrogens is 2. The highest BCUT2D eigenvalue weighted by atomic mass is 32.1. The number of carbonyl (C=O) groups is 2. The summed E-state index contributed by atoms with van der Waals surface area (Å²) >= 11 is 1.31. The quantitative estimate of drug-likeness (QED) is 0.584. The fourth-order valence-corrected chi connectivity index (χ4v) is 4.06. The molecule has 1 saturated heterocycles. The zero-order valence-electron chi connectivity index (χ0n) is 17.4. The van der Waals surface area contributed by atoms with Crippen molar-refractivity contribution in [3.05, 3.63) is 59.7 Å². The molecular weight excluding hydrogens is 412 g/mol. The van der Waals surface area contributed by atoms with E-state index in [1.165, 1.54) is 16.9 Å². The molecule has 2 heterocycles. The SMILES string of the molecule is CC(C)c1ccc(-c2nnc(NC(=O)c3cccc(NC(=O)C4CCCO4)c3)s2)cc1. The first-order valence-electron chi connectivity index (χ1n) is 10.3. The second-order valence-corrected chi connectivity index (χ2v) is 8.69. The average molecular weight is 437 g/mol. The minimum absolute atomic E-state index is 0.188. The van der Waals surface area contributed by atoms with Crippen LogP contribution in [0.25, 0.3) is 10.6 Å². The summed E-state index contributed by atoms with van der Waals surface area (Å²) in [5.74, 6) is -0.0389. The Morgan fingerprint density at radius 1 is 1.10 bits per heavy atom. The third kappa shape index (κ3) is 5.15. The molecule has 1 fully saturated rings. The van der Waals surface area contributed by atoms with Gasteiger partial charge in [0.2, 0.25) is 5.13 Å². The number of ether oxygens (including phenoxy) is 1. The van der Waals surface area contributed by atoms with Crippen molar-refractivity contribution in [2.45, 2.75) is 38.7 Å². The minimum atomic E-state index is -0.424. The first-order valence-corrected chi connectivity index (χ1v) is 11.1. The predicted octanol–water partition coefficient (Wildman–Crippen LogP) is 4.70. The number of rotatable bonds is 6. The van der Waals surface area contributed by atoms with Crippen LogP contribution in [0.1, 0.15) is 48.5 Å². The number of amides is 2. The Morgan fingerprint density at radius 3 is 2.61 bits per heavy atom. The number of nitrogens with one attached hydrogen (secondary N) is 2. The molecular formula is C23H24N4O3S. The summed E-state index contributed by atoms with van der Waals surface area (Å²) in [6.45, 7) is 4.90. The van der Waals surface area contributed by atoms with Gasteiger partial charge < -0.3 is 10.1 Å². The van der Waals surface area contributed by atoms with Gasteiger partial charge in [0.25, 0.3) is 11.8 Å². The van der Waals surface area contributed by atoms with Gasteiger partial charge in [0, 0.05) is 23.4 Å². The van der Waals surface area contributed by atoms with Crippen LogP contribution >= 0.6 is 11.3 Å². The summed E-state index contributed by atoms with van der Waals surface area (Å²) in [5, 5.41) is 15.0. The molecule has 7 nitrogen and oxygen atoms in total. The van der Waals surface area contributed by atoms with Gasteiger partial charge in [0.15, 0.2) is 0 Å². The molecule has 0 spiro atoms. The molecule has 1 aliphatic rings. The predicted molar refractivity (Wildman–Crippen MR) is 121 cm³/mol. The molecule has 2 N–H and O–H groups in total. The largest absolute Gasteiger partial charge is 0.368 e. The van der Waals surface area contributed by atoms with Crippen LogP contribution in [0.4, 0.5) is 10.8 Å². The molecule has 8 heteroatoms. The molecule has 0 radical (unpaired) electrons. The van der Waals surface area contributed by atoms with E-state index in [-0.39, 0.29) is 11.8 Å². The van der Waals surface area contributed by atoms with Gasteiger partial charge in [-0.05, 0) is 42.5 Å². The zero-order valence-corrected chi connectivity index (χ0v) is 18.2. The van der Waals surface area contributed by atoms with Crippen molar-refractivity contribution < 1.29 is 14.3 Å². The lowest BCUT2D eigenvalue weighted by molar-refractivity contribution is -0.124. The van der Waals surface area contributed by atoms with Crippen molar-refractivity contribution >= 4 is 34.0 Å². The highest BCUT2D eigenvalue weighted by Gasteiger charge is 2.23. The molecule has 3 aromatic rings. The van der Waals surface area contributed by atoms with Crippen molar-refractivity contribution in [3.63, 3.8) is 0 Å². The van der Waals surface area contributed by atoms with Crippen molar-refractivity contribution in [2.24, 2.45) is 0 Å². The van der Waals surface area contributed by atoms with E-state index in [0.29, 0.717) is 35.3 Å². The van der Waals surface area contributed by atoms with Crippen LogP contribution in [0.15, 0.2) is 48.5 Å². The molecule has 0 bridgehead atoms. The van der Waals surface area contributed by atoms with E-state index in [1.54, 1.807) is 24.3 Å². The topological polar surface area (TPSA) is 93.2 Å². The Labute approximate surface area is 184 Å². The zero-order chi connectivity index (χ0) is 21.8. The summed E-state index contributed by atoms with van der Waals surface area (Å²) in [4.78, 5) is 24.9. The van der Waals surface area contributed by atoms with Crippen LogP contribution in [-0.2, 0) is 9.53 Å². The van der Waals surface area contributed by atoms with Gasteiger partial charge in [-0.3, -0.25) is 14.9 Å². The van der Waals surface area contributed by atoms with Crippen molar-refractivity contribution in [1.82, 2.24) is 10.2 Å². The number of hydrogen-bond donors (Lipinski definition) is 2. The molecule has 31 heavy (non-hydrogen) atoms. The van der Waals surface area contributed by atoms with Crippen molar-refractivity contribution in [2.75, 3.05) is 17.2 Å². The Morgan fingerprint density at radius 2 is 1.90 bits per heavy atom. The number of hydrogen-bond acceptors (Lipinski definition) is 6. The molecule has 4 rings (SSSR count). The van der Waals surface area contributed by atoms with E-state index in [9.17, 15) is 9.59 Å². The van der Waals surface area contributed by atoms with Gasteiger partial charge in [-0.1, -0.05) is 55.5 Å². The molecule has 2 aromatic carbocycles. The van der Waals surface area contributed by atoms with E-state index >= 15 is 0 Å². The third-order valence-electron chi connectivity index (χ3n) is 5.08.